The molecule has 0 saturated carbocycles. The Balaban J connectivity index is 1.63. The summed E-state index contributed by atoms with van der Waals surface area (Å²) >= 11 is 0. The molecule has 0 fully saturated rings. The standard InChI is InChI=1S/C20H26N2O4/c1-15-5-8-17(9-6-15)26-12-4-11-21-20(23)22-14-16-7-10-18(24-2)19(13-16)25-3/h5-10,13H,4,11-12,14H2,1-3H3,(H2,21,22,23). The zero-order valence-corrected chi connectivity index (χ0v) is 15.5. The van der Waals surface area contributed by atoms with Gasteiger partial charge in [-0.3, -0.25) is 0 Å². The van der Waals surface area contributed by atoms with Crippen molar-refractivity contribution in [2.75, 3.05) is 27.4 Å². The minimum Gasteiger partial charge on any atom is -0.494 e. The fraction of sp³-hybridized carbons (Fsp3) is 0.350. The van der Waals surface area contributed by atoms with Gasteiger partial charge in [0.1, 0.15) is 5.75 Å². The highest BCUT2D eigenvalue weighted by atomic mass is 16.5. The minimum atomic E-state index is -0.213. The van der Waals surface area contributed by atoms with Gasteiger partial charge in [-0.15, -0.1) is 0 Å². The van der Waals surface area contributed by atoms with Crippen LogP contribution >= 0.6 is 0 Å². The summed E-state index contributed by atoms with van der Waals surface area (Å²) in [6.45, 7) is 3.54. The molecule has 0 aliphatic rings. The molecule has 0 aliphatic carbocycles. The predicted octanol–water partition coefficient (Wildman–Crippen LogP) is 3.28. The summed E-state index contributed by atoms with van der Waals surface area (Å²) in [4.78, 5) is 11.8. The molecule has 2 aromatic carbocycles. The fourth-order valence-corrected chi connectivity index (χ4v) is 2.33. The Bertz CT molecular complexity index is 701. The van der Waals surface area contributed by atoms with Crippen molar-refractivity contribution in [3.05, 3.63) is 53.6 Å². The third kappa shape index (κ3) is 6.20. The average Bonchev–Trinajstić information content (AvgIpc) is 2.67. The summed E-state index contributed by atoms with van der Waals surface area (Å²) in [6, 6.07) is 13.2. The van der Waals surface area contributed by atoms with Crippen LogP contribution in [0.1, 0.15) is 17.5 Å². The zero-order chi connectivity index (χ0) is 18.8. The molecule has 26 heavy (non-hydrogen) atoms. The van der Waals surface area contributed by atoms with Crippen LogP contribution in [0.2, 0.25) is 0 Å². The summed E-state index contributed by atoms with van der Waals surface area (Å²) in [6.07, 6.45) is 0.734. The van der Waals surface area contributed by atoms with Gasteiger partial charge in [0.15, 0.2) is 11.5 Å². The van der Waals surface area contributed by atoms with E-state index in [1.165, 1.54) is 5.56 Å². The van der Waals surface area contributed by atoms with Crippen molar-refractivity contribution >= 4 is 6.03 Å². The topological polar surface area (TPSA) is 68.8 Å². The molecule has 6 nitrogen and oxygen atoms in total. The van der Waals surface area contributed by atoms with Crippen molar-refractivity contribution in [1.82, 2.24) is 10.6 Å². The lowest BCUT2D eigenvalue weighted by atomic mass is 10.2. The number of hydrogen-bond donors (Lipinski definition) is 2. The third-order valence-corrected chi connectivity index (χ3v) is 3.80. The van der Waals surface area contributed by atoms with Crippen molar-refractivity contribution in [3.63, 3.8) is 0 Å². The normalized spacial score (nSPS) is 10.1. The quantitative estimate of drug-likeness (QED) is 0.675. The van der Waals surface area contributed by atoms with E-state index in [1.54, 1.807) is 14.2 Å². The highest BCUT2D eigenvalue weighted by Crippen LogP contribution is 2.27. The maximum atomic E-state index is 11.8. The molecule has 0 unspecified atom stereocenters. The number of hydrogen-bond acceptors (Lipinski definition) is 4. The first kappa shape index (κ1) is 19.4. The fourth-order valence-electron chi connectivity index (χ4n) is 2.33. The summed E-state index contributed by atoms with van der Waals surface area (Å²) in [7, 11) is 3.17. The van der Waals surface area contributed by atoms with Crippen LogP contribution in [0.3, 0.4) is 0 Å². The van der Waals surface area contributed by atoms with Crippen molar-refractivity contribution in [3.8, 4) is 17.2 Å². The third-order valence-electron chi connectivity index (χ3n) is 3.80. The monoisotopic (exact) mass is 358 g/mol. The van der Waals surface area contributed by atoms with Gasteiger partial charge in [-0.25, -0.2) is 4.79 Å². The van der Waals surface area contributed by atoms with Crippen molar-refractivity contribution in [2.45, 2.75) is 19.9 Å². The van der Waals surface area contributed by atoms with Crippen LogP contribution in [0.5, 0.6) is 17.2 Å². The van der Waals surface area contributed by atoms with E-state index >= 15 is 0 Å². The first-order valence-electron chi connectivity index (χ1n) is 8.54. The summed E-state index contributed by atoms with van der Waals surface area (Å²) in [5.41, 5.74) is 2.13. The second kappa shape index (κ2) is 10.2. The SMILES string of the molecule is COc1ccc(CNC(=O)NCCCOc2ccc(C)cc2)cc1OC. The molecule has 0 spiro atoms. The van der Waals surface area contributed by atoms with Crippen LogP contribution in [0, 0.1) is 6.92 Å². The Morgan fingerprint density at radius 1 is 0.962 bits per heavy atom. The summed E-state index contributed by atoms with van der Waals surface area (Å²) in [5.74, 6) is 2.14. The van der Waals surface area contributed by atoms with Crippen LogP contribution in [-0.4, -0.2) is 33.4 Å². The molecule has 0 aliphatic heterocycles. The number of urea groups is 1. The van der Waals surface area contributed by atoms with Gasteiger partial charge in [0, 0.05) is 13.1 Å². The van der Waals surface area contributed by atoms with Crippen LogP contribution in [0.25, 0.3) is 0 Å². The highest BCUT2D eigenvalue weighted by molar-refractivity contribution is 5.73. The molecule has 2 amide bonds. The van der Waals surface area contributed by atoms with E-state index in [1.807, 2.05) is 49.4 Å². The van der Waals surface area contributed by atoms with E-state index in [9.17, 15) is 4.79 Å². The van der Waals surface area contributed by atoms with Gasteiger partial charge >= 0.3 is 6.03 Å². The van der Waals surface area contributed by atoms with Crippen LogP contribution in [0.4, 0.5) is 4.79 Å². The molecule has 6 heteroatoms. The van der Waals surface area contributed by atoms with E-state index in [4.69, 9.17) is 14.2 Å². The molecule has 0 heterocycles. The van der Waals surface area contributed by atoms with Crippen LogP contribution in [0.15, 0.2) is 42.5 Å². The van der Waals surface area contributed by atoms with Gasteiger partial charge in [0.25, 0.3) is 0 Å². The van der Waals surface area contributed by atoms with Crippen molar-refractivity contribution in [2.24, 2.45) is 0 Å². The highest BCUT2D eigenvalue weighted by Gasteiger charge is 2.06. The van der Waals surface area contributed by atoms with Crippen LogP contribution < -0.4 is 24.8 Å². The van der Waals surface area contributed by atoms with Gasteiger partial charge < -0.3 is 24.8 Å². The number of ether oxygens (including phenoxy) is 3. The first-order valence-corrected chi connectivity index (χ1v) is 8.54. The molecular formula is C20H26N2O4. The number of aryl methyl sites for hydroxylation is 1. The van der Waals surface area contributed by atoms with Gasteiger partial charge in [-0.05, 0) is 43.2 Å². The molecule has 0 aromatic heterocycles. The summed E-state index contributed by atoms with van der Waals surface area (Å²) in [5, 5.41) is 5.63. The summed E-state index contributed by atoms with van der Waals surface area (Å²) < 4.78 is 16.1. The zero-order valence-electron chi connectivity index (χ0n) is 15.5. The van der Waals surface area contributed by atoms with Gasteiger partial charge in [0.05, 0.1) is 20.8 Å². The van der Waals surface area contributed by atoms with E-state index in [2.05, 4.69) is 10.6 Å². The Morgan fingerprint density at radius 3 is 2.38 bits per heavy atom. The second-order valence-electron chi connectivity index (χ2n) is 5.81. The Hall–Kier alpha value is -2.89. The van der Waals surface area contributed by atoms with E-state index in [0.717, 1.165) is 17.7 Å². The molecule has 0 bridgehead atoms. The van der Waals surface area contributed by atoms with E-state index in [0.29, 0.717) is 31.2 Å². The molecule has 2 rings (SSSR count). The Kier molecular flexibility index (Phi) is 7.61. The van der Waals surface area contributed by atoms with Crippen molar-refractivity contribution < 1.29 is 19.0 Å². The number of amides is 2. The van der Waals surface area contributed by atoms with Gasteiger partial charge in [0.2, 0.25) is 0 Å². The lowest BCUT2D eigenvalue weighted by Gasteiger charge is -2.11. The van der Waals surface area contributed by atoms with Gasteiger partial charge in [-0.1, -0.05) is 23.8 Å². The lowest BCUT2D eigenvalue weighted by molar-refractivity contribution is 0.238. The Labute approximate surface area is 154 Å². The molecule has 0 radical (unpaired) electrons. The lowest BCUT2D eigenvalue weighted by Crippen LogP contribution is -2.36. The number of benzene rings is 2. The maximum absolute atomic E-state index is 11.8. The molecule has 0 saturated heterocycles. The number of nitrogens with one attached hydrogen (secondary N) is 2. The number of methoxy groups -OCH3 is 2. The smallest absolute Gasteiger partial charge is 0.315 e. The number of carbonyl (C=O) groups excluding carboxylic acids is 1. The molecule has 2 N–H and O–H groups in total. The van der Waals surface area contributed by atoms with E-state index < -0.39 is 0 Å². The van der Waals surface area contributed by atoms with Gasteiger partial charge in [-0.2, -0.15) is 0 Å². The molecule has 0 atom stereocenters. The molecular weight excluding hydrogens is 332 g/mol. The van der Waals surface area contributed by atoms with Crippen LogP contribution in [-0.2, 0) is 6.54 Å². The Morgan fingerprint density at radius 2 is 1.69 bits per heavy atom. The second-order valence-corrected chi connectivity index (χ2v) is 5.81. The maximum Gasteiger partial charge on any atom is 0.315 e. The van der Waals surface area contributed by atoms with E-state index in [-0.39, 0.29) is 6.03 Å². The largest absolute Gasteiger partial charge is 0.494 e. The molecule has 2 aromatic rings. The number of carbonyl (C=O) groups is 1. The first-order chi connectivity index (χ1) is 12.6. The predicted molar refractivity (Wildman–Crippen MR) is 101 cm³/mol. The average molecular weight is 358 g/mol. The molecule has 140 valence electrons. The number of rotatable bonds is 9. The minimum absolute atomic E-state index is 0.213. The van der Waals surface area contributed by atoms with Crippen molar-refractivity contribution in [1.29, 1.82) is 0 Å².